The van der Waals surface area contributed by atoms with Gasteiger partial charge in [-0.1, -0.05) is 15.9 Å². The molecule has 0 aliphatic carbocycles. The van der Waals surface area contributed by atoms with Crippen LogP contribution in [0.1, 0.15) is 38.1 Å². The second-order valence-corrected chi connectivity index (χ2v) is 6.86. The highest BCUT2D eigenvalue weighted by molar-refractivity contribution is 9.10. The molecule has 1 aromatic carbocycles. The van der Waals surface area contributed by atoms with E-state index >= 15 is 0 Å². The predicted octanol–water partition coefficient (Wildman–Crippen LogP) is 3.58. The lowest BCUT2D eigenvalue weighted by Crippen LogP contribution is -2.41. The maximum atomic E-state index is 13.7. The lowest BCUT2D eigenvalue weighted by atomic mass is 10.2. The van der Waals surface area contributed by atoms with E-state index in [1.165, 1.54) is 17.0 Å². The van der Waals surface area contributed by atoms with E-state index in [4.69, 9.17) is 4.74 Å². The number of nitrogens with one attached hydrogen (secondary N) is 1. The Kier molecular flexibility index (Phi) is 7.00. The molecule has 0 heterocycles. The number of likely N-dealkylation sites (N-methyl/N-ethyl adjacent to an activating group) is 1. The average molecular weight is 389 g/mol. The van der Waals surface area contributed by atoms with Gasteiger partial charge in [0.15, 0.2) is 0 Å². The van der Waals surface area contributed by atoms with Gasteiger partial charge in [-0.2, -0.15) is 0 Å². The molecule has 128 valence electrons. The zero-order valence-electron chi connectivity index (χ0n) is 13.8. The molecule has 0 atom stereocenters. The molecular formula is C16H22BrFN2O3. The zero-order valence-corrected chi connectivity index (χ0v) is 15.4. The van der Waals surface area contributed by atoms with Crippen molar-refractivity contribution >= 4 is 27.9 Å². The SMILES string of the molecule is CCN(CCNC(=O)c1ccc(Br)cc1F)C(=O)OC(C)(C)C. The molecule has 0 spiro atoms. The summed E-state index contributed by atoms with van der Waals surface area (Å²) in [6.45, 7) is 8.14. The number of ether oxygens (including phenoxy) is 1. The second-order valence-electron chi connectivity index (χ2n) is 5.94. The van der Waals surface area contributed by atoms with E-state index in [9.17, 15) is 14.0 Å². The van der Waals surface area contributed by atoms with Gasteiger partial charge in [0.25, 0.3) is 5.91 Å². The van der Waals surface area contributed by atoms with Crippen LogP contribution in [0.15, 0.2) is 22.7 Å². The minimum absolute atomic E-state index is 0.0338. The molecule has 2 amide bonds. The topological polar surface area (TPSA) is 58.6 Å². The third-order valence-corrected chi connectivity index (χ3v) is 3.37. The molecule has 1 N–H and O–H groups in total. The van der Waals surface area contributed by atoms with E-state index in [-0.39, 0.29) is 18.7 Å². The van der Waals surface area contributed by atoms with Crippen molar-refractivity contribution in [2.75, 3.05) is 19.6 Å². The highest BCUT2D eigenvalue weighted by Gasteiger charge is 2.21. The number of carbonyl (C=O) groups excluding carboxylic acids is 2. The highest BCUT2D eigenvalue weighted by Crippen LogP contribution is 2.15. The zero-order chi connectivity index (χ0) is 17.6. The summed E-state index contributed by atoms with van der Waals surface area (Å²) >= 11 is 3.14. The average Bonchev–Trinajstić information content (AvgIpc) is 2.41. The number of hydrogen-bond acceptors (Lipinski definition) is 3. The maximum Gasteiger partial charge on any atom is 0.410 e. The Morgan fingerprint density at radius 2 is 2.00 bits per heavy atom. The first kappa shape index (κ1) is 19.4. The molecule has 0 aromatic heterocycles. The molecule has 0 aliphatic heterocycles. The van der Waals surface area contributed by atoms with Crippen molar-refractivity contribution < 1.29 is 18.7 Å². The third-order valence-electron chi connectivity index (χ3n) is 2.88. The van der Waals surface area contributed by atoms with E-state index in [0.717, 1.165) is 0 Å². The summed E-state index contributed by atoms with van der Waals surface area (Å²) in [5.41, 5.74) is -0.609. The number of nitrogens with zero attached hydrogens (tertiary/aromatic N) is 1. The van der Waals surface area contributed by atoms with Crippen molar-refractivity contribution in [2.24, 2.45) is 0 Å². The van der Waals surface area contributed by atoms with E-state index in [1.807, 2.05) is 6.92 Å². The van der Waals surface area contributed by atoms with Crippen molar-refractivity contribution in [1.82, 2.24) is 10.2 Å². The smallest absolute Gasteiger partial charge is 0.410 e. The van der Waals surface area contributed by atoms with Gasteiger partial charge in [-0.15, -0.1) is 0 Å². The molecule has 1 aromatic rings. The van der Waals surface area contributed by atoms with Crippen LogP contribution >= 0.6 is 15.9 Å². The van der Waals surface area contributed by atoms with Crippen LogP contribution in [-0.2, 0) is 4.74 Å². The van der Waals surface area contributed by atoms with E-state index in [1.54, 1.807) is 26.8 Å². The van der Waals surface area contributed by atoms with Gasteiger partial charge in [0, 0.05) is 24.1 Å². The first-order chi connectivity index (χ1) is 10.6. The fourth-order valence-corrected chi connectivity index (χ4v) is 2.11. The van der Waals surface area contributed by atoms with Crippen molar-refractivity contribution in [3.05, 3.63) is 34.1 Å². The quantitative estimate of drug-likeness (QED) is 0.838. The van der Waals surface area contributed by atoms with Gasteiger partial charge >= 0.3 is 6.09 Å². The lowest BCUT2D eigenvalue weighted by Gasteiger charge is -2.26. The van der Waals surface area contributed by atoms with Crippen LogP contribution in [0.4, 0.5) is 9.18 Å². The Morgan fingerprint density at radius 3 is 2.52 bits per heavy atom. The molecule has 23 heavy (non-hydrogen) atoms. The molecule has 0 saturated carbocycles. The predicted molar refractivity (Wildman–Crippen MR) is 89.9 cm³/mol. The minimum Gasteiger partial charge on any atom is -0.444 e. The fraction of sp³-hybridized carbons (Fsp3) is 0.500. The molecule has 0 aliphatic rings. The van der Waals surface area contributed by atoms with Crippen molar-refractivity contribution in [3.8, 4) is 0 Å². The van der Waals surface area contributed by atoms with Gasteiger partial charge in [0.05, 0.1) is 5.56 Å². The molecule has 0 fully saturated rings. The summed E-state index contributed by atoms with van der Waals surface area (Å²) in [6, 6.07) is 4.23. The van der Waals surface area contributed by atoms with Crippen molar-refractivity contribution in [1.29, 1.82) is 0 Å². The molecular weight excluding hydrogens is 367 g/mol. The Bertz CT molecular complexity index is 573. The molecule has 1 rings (SSSR count). The van der Waals surface area contributed by atoms with Crippen LogP contribution in [0.5, 0.6) is 0 Å². The largest absolute Gasteiger partial charge is 0.444 e. The van der Waals surface area contributed by atoms with Crippen LogP contribution in [0, 0.1) is 5.82 Å². The molecule has 0 unspecified atom stereocenters. The number of halogens is 2. The van der Waals surface area contributed by atoms with Crippen LogP contribution in [-0.4, -0.2) is 42.1 Å². The van der Waals surface area contributed by atoms with Crippen LogP contribution in [0.2, 0.25) is 0 Å². The summed E-state index contributed by atoms with van der Waals surface area (Å²) in [5.74, 6) is -1.12. The van der Waals surface area contributed by atoms with Gasteiger partial charge in [-0.3, -0.25) is 4.79 Å². The standard InChI is InChI=1S/C16H22BrFN2O3/c1-5-20(15(22)23-16(2,3)4)9-8-19-14(21)12-7-6-11(17)10-13(12)18/h6-7,10H,5,8-9H2,1-4H3,(H,19,21). The van der Waals surface area contributed by atoms with Crippen molar-refractivity contribution in [3.63, 3.8) is 0 Å². The van der Waals surface area contributed by atoms with Gasteiger partial charge in [0.1, 0.15) is 11.4 Å². The minimum atomic E-state index is -0.601. The Labute approximate surface area is 144 Å². The lowest BCUT2D eigenvalue weighted by molar-refractivity contribution is 0.0260. The Morgan fingerprint density at radius 1 is 1.35 bits per heavy atom. The normalized spacial score (nSPS) is 11.0. The number of rotatable bonds is 5. The summed E-state index contributed by atoms with van der Waals surface area (Å²) in [4.78, 5) is 25.4. The summed E-state index contributed by atoms with van der Waals surface area (Å²) in [5, 5.41) is 2.60. The number of benzene rings is 1. The van der Waals surface area contributed by atoms with Gasteiger partial charge in [-0.05, 0) is 45.9 Å². The Balaban J connectivity index is 2.54. The number of amides is 2. The first-order valence-corrected chi connectivity index (χ1v) is 8.14. The highest BCUT2D eigenvalue weighted by atomic mass is 79.9. The fourth-order valence-electron chi connectivity index (χ4n) is 1.78. The van der Waals surface area contributed by atoms with Crippen molar-refractivity contribution in [2.45, 2.75) is 33.3 Å². The van der Waals surface area contributed by atoms with Crippen LogP contribution < -0.4 is 5.32 Å². The molecule has 0 saturated heterocycles. The summed E-state index contributed by atoms with van der Waals surface area (Å²) < 4.78 is 19.5. The summed E-state index contributed by atoms with van der Waals surface area (Å²) in [7, 11) is 0. The Hall–Kier alpha value is -1.63. The summed E-state index contributed by atoms with van der Waals surface area (Å²) in [6.07, 6.45) is -0.441. The van der Waals surface area contributed by atoms with E-state index in [2.05, 4.69) is 21.2 Å². The van der Waals surface area contributed by atoms with Gasteiger partial charge in [0.2, 0.25) is 0 Å². The number of carbonyl (C=O) groups is 2. The first-order valence-electron chi connectivity index (χ1n) is 7.35. The molecule has 7 heteroatoms. The molecule has 0 bridgehead atoms. The van der Waals surface area contributed by atoms with Crippen LogP contribution in [0.25, 0.3) is 0 Å². The van der Waals surface area contributed by atoms with E-state index in [0.29, 0.717) is 11.0 Å². The maximum absolute atomic E-state index is 13.7. The monoisotopic (exact) mass is 388 g/mol. The number of hydrogen-bond donors (Lipinski definition) is 1. The molecule has 5 nitrogen and oxygen atoms in total. The van der Waals surface area contributed by atoms with Gasteiger partial charge in [-0.25, -0.2) is 9.18 Å². The second kappa shape index (κ2) is 8.29. The molecule has 0 radical (unpaired) electrons. The third kappa shape index (κ3) is 6.56. The van der Waals surface area contributed by atoms with Crippen LogP contribution in [0.3, 0.4) is 0 Å². The van der Waals surface area contributed by atoms with E-state index < -0.39 is 23.4 Å². The van der Waals surface area contributed by atoms with Gasteiger partial charge < -0.3 is 15.0 Å².